The predicted molar refractivity (Wildman–Crippen MR) is 74.2 cm³/mol. The molecule has 1 amide bonds. The number of hydrogen-bond acceptors (Lipinski definition) is 2. The summed E-state index contributed by atoms with van der Waals surface area (Å²) < 4.78 is 13.3. The Morgan fingerprint density at radius 1 is 1.42 bits per heavy atom. The lowest BCUT2D eigenvalue weighted by molar-refractivity contribution is 0.0934. The van der Waals surface area contributed by atoms with Gasteiger partial charge in [-0.1, -0.05) is 25.7 Å². The maximum atomic E-state index is 13.3. The minimum Gasteiger partial charge on any atom is -0.349 e. The van der Waals surface area contributed by atoms with Crippen molar-refractivity contribution >= 4 is 5.91 Å². The number of carbonyl (C=O) groups is 1. The fourth-order valence-corrected chi connectivity index (χ4v) is 1.72. The van der Waals surface area contributed by atoms with E-state index in [1.165, 1.54) is 18.2 Å². The van der Waals surface area contributed by atoms with Crippen molar-refractivity contribution in [2.45, 2.75) is 32.7 Å². The minimum atomic E-state index is -0.451. The summed E-state index contributed by atoms with van der Waals surface area (Å²) in [6.45, 7) is 4.19. The molecule has 4 heteroatoms. The van der Waals surface area contributed by atoms with Gasteiger partial charge in [-0.3, -0.25) is 4.79 Å². The Morgan fingerprint density at radius 2 is 2.11 bits per heavy atom. The number of amides is 1. The molecule has 0 aliphatic carbocycles. The van der Waals surface area contributed by atoms with Crippen molar-refractivity contribution in [3.05, 3.63) is 35.1 Å². The van der Waals surface area contributed by atoms with Crippen LogP contribution in [0.5, 0.6) is 0 Å². The maximum absolute atomic E-state index is 13.3. The third-order valence-corrected chi connectivity index (χ3v) is 2.87. The van der Waals surface area contributed by atoms with Crippen molar-refractivity contribution in [3.63, 3.8) is 0 Å². The number of carbonyl (C=O) groups excluding carboxylic acids is 1. The van der Waals surface area contributed by atoms with Gasteiger partial charge in [0.15, 0.2) is 0 Å². The topological polar surface area (TPSA) is 55.1 Å². The highest BCUT2D eigenvalue weighted by Crippen LogP contribution is 2.11. The van der Waals surface area contributed by atoms with E-state index in [0.717, 1.165) is 12.8 Å². The van der Waals surface area contributed by atoms with Gasteiger partial charge < -0.3 is 11.1 Å². The lowest BCUT2D eigenvalue weighted by atomic mass is 10.1. The highest BCUT2D eigenvalue weighted by atomic mass is 19.1. The molecule has 0 atom stereocenters. The molecule has 0 aliphatic heterocycles. The van der Waals surface area contributed by atoms with Crippen LogP contribution >= 0.6 is 0 Å². The Kier molecular flexibility index (Phi) is 6.04. The van der Waals surface area contributed by atoms with Crippen molar-refractivity contribution < 1.29 is 9.18 Å². The van der Waals surface area contributed by atoms with Gasteiger partial charge in [-0.15, -0.1) is 0 Å². The SMILES string of the molecule is CCC(CC)NC(=O)c1cc(F)ccc1C#CCN. The smallest absolute Gasteiger partial charge is 0.252 e. The molecule has 0 unspecified atom stereocenters. The van der Waals surface area contributed by atoms with Crippen LogP contribution in [-0.2, 0) is 0 Å². The van der Waals surface area contributed by atoms with E-state index in [0.29, 0.717) is 5.56 Å². The van der Waals surface area contributed by atoms with Crippen LogP contribution in [0.2, 0.25) is 0 Å². The predicted octanol–water partition coefficient (Wildman–Crippen LogP) is 2.05. The van der Waals surface area contributed by atoms with Gasteiger partial charge in [0.05, 0.1) is 12.1 Å². The Balaban J connectivity index is 3.03. The van der Waals surface area contributed by atoms with Gasteiger partial charge in [0.1, 0.15) is 5.82 Å². The van der Waals surface area contributed by atoms with E-state index in [1.807, 2.05) is 13.8 Å². The highest BCUT2D eigenvalue weighted by molar-refractivity contribution is 5.96. The summed E-state index contributed by atoms with van der Waals surface area (Å²) in [6, 6.07) is 4.08. The number of hydrogen-bond donors (Lipinski definition) is 2. The Labute approximate surface area is 113 Å². The fourth-order valence-electron chi connectivity index (χ4n) is 1.72. The lowest BCUT2D eigenvalue weighted by Gasteiger charge is -2.15. The van der Waals surface area contributed by atoms with E-state index in [2.05, 4.69) is 17.2 Å². The molecule has 0 saturated carbocycles. The molecule has 0 bridgehead atoms. The molecular weight excluding hydrogens is 243 g/mol. The summed E-state index contributed by atoms with van der Waals surface area (Å²) in [6.07, 6.45) is 1.67. The summed E-state index contributed by atoms with van der Waals surface area (Å²) in [4.78, 5) is 12.1. The second kappa shape index (κ2) is 7.55. The first-order valence-electron chi connectivity index (χ1n) is 6.41. The van der Waals surface area contributed by atoms with Crippen LogP contribution in [0.25, 0.3) is 0 Å². The molecule has 0 aliphatic rings. The molecule has 0 saturated heterocycles. The van der Waals surface area contributed by atoms with Crippen molar-refractivity contribution in [1.82, 2.24) is 5.32 Å². The van der Waals surface area contributed by atoms with Gasteiger partial charge in [-0.05, 0) is 31.0 Å². The zero-order valence-electron chi connectivity index (χ0n) is 11.3. The number of rotatable bonds is 4. The van der Waals surface area contributed by atoms with Gasteiger partial charge in [-0.2, -0.15) is 0 Å². The lowest BCUT2D eigenvalue weighted by Crippen LogP contribution is -2.34. The normalized spacial score (nSPS) is 9.95. The molecule has 0 aromatic heterocycles. The first kappa shape index (κ1) is 15.2. The molecule has 0 fully saturated rings. The monoisotopic (exact) mass is 262 g/mol. The molecule has 102 valence electrons. The summed E-state index contributed by atoms with van der Waals surface area (Å²) >= 11 is 0. The molecular formula is C15H19FN2O. The Morgan fingerprint density at radius 3 is 2.68 bits per heavy atom. The van der Waals surface area contributed by atoms with Crippen LogP contribution in [0.4, 0.5) is 4.39 Å². The van der Waals surface area contributed by atoms with Crippen molar-refractivity contribution in [2.75, 3.05) is 6.54 Å². The van der Waals surface area contributed by atoms with Crippen molar-refractivity contribution in [1.29, 1.82) is 0 Å². The van der Waals surface area contributed by atoms with Crippen LogP contribution < -0.4 is 11.1 Å². The Hall–Kier alpha value is -1.86. The van der Waals surface area contributed by atoms with Crippen LogP contribution in [0.15, 0.2) is 18.2 Å². The molecule has 1 rings (SSSR count). The molecule has 3 N–H and O–H groups in total. The van der Waals surface area contributed by atoms with Crippen LogP contribution in [0.1, 0.15) is 42.6 Å². The zero-order chi connectivity index (χ0) is 14.3. The zero-order valence-corrected chi connectivity index (χ0v) is 11.3. The summed E-state index contributed by atoms with van der Waals surface area (Å²) in [7, 11) is 0. The summed E-state index contributed by atoms with van der Waals surface area (Å²) in [5, 5.41) is 2.87. The quantitative estimate of drug-likeness (QED) is 0.816. The van der Waals surface area contributed by atoms with Gasteiger partial charge in [0, 0.05) is 11.6 Å². The summed E-state index contributed by atoms with van der Waals surface area (Å²) in [5.74, 6) is 4.72. The minimum absolute atomic E-state index is 0.0890. The molecule has 19 heavy (non-hydrogen) atoms. The van der Waals surface area contributed by atoms with Crippen LogP contribution in [0.3, 0.4) is 0 Å². The van der Waals surface area contributed by atoms with E-state index in [-0.39, 0.29) is 24.1 Å². The molecule has 1 aromatic rings. The number of benzene rings is 1. The van der Waals surface area contributed by atoms with E-state index in [9.17, 15) is 9.18 Å². The van der Waals surface area contributed by atoms with Gasteiger partial charge in [0.2, 0.25) is 0 Å². The first-order chi connectivity index (χ1) is 9.12. The van der Waals surface area contributed by atoms with Gasteiger partial charge >= 0.3 is 0 Å². The number of nitrogens with two attached hydrogens (primary N) is 1. The molecule has 1 aromatic carbocycles. The third kappa shape index (κ3) is 4.38. The van der Waals surface area contributed by atoms with E-state index >= 15 is 0 Å². The summed E-state index contributed by atoms with van der Waals surface area (Å²) in [5.41, 5.74) is 6.06. The molecule has 0 spiro atoms. The first-order valence-corrected chi connectivity index (χ1v) is 6.41. The molecule has 0 radical (unpaired) electrons. The van der Waals surface area contributed by atoms with Gasteiger partial charge in [0.25, 0.3) is 5.91 Å². The second-order valence-corrected chi connectivity index (χ2v) is 4.18. The largest absolute Gasteiger partial charge is 0.349 e. The van der Waals surface area contributed by atoms with Crippen LogP contribution in [0, 0.1) is 17.7 Å². The molecule has 0 heterocycles. The number of halogens is 1. The third-order valence-electron chi connectivity index (χ3n) is 2.87. The Bertz CT molecular complexity index is 499. The van der Waals surface area contributed by atoms with Crippen molar-refractivity contribution in [2.24, 2.45) is 5.73 Å². The van der Waals surface area contributed by atoms with E-state index in [4.69, 9.17) is 5.73 Å². The van der Waals surface area contributed by atoms with E-state index in [1.54, 1.807) is 0 Å². The van der Waals surface area contributed by atoms with Gasteiger partial charge in [-0.25, -0.2) is 4.39 Å². The molecule has 3 nitrogen and oxygen atoms in total. The maximum Gasteiger partial charge on any atom is 0.252 e. The highest BCUT2D eigenvalue weighted by Gasteiger charge is 2.14. The second-order valence-electron chi connectivity index (χ2n) is 4.18. The van der Waals surface area contributed by atoms with Crippen LogP contribution in [-0.4, -0.2) is 18.5 Å². The van der Waals surface area contributed by atoms with Crippen molar-refractivity contribution in [3.8, 4) is 11.8 Å². The average Bonchev–Trinajstić information content (AvgIpc) is 2.43. The fraction of sp³-hybridized carbons (Fsp3) is 0.400. The average molecular weight is 262 g/mol. The standard InChI is InChI=1S/C15H19FN2O/c1-3-13(4-2)18-15(19)14-10-12(16)8-7-11(14)6-5-9-17/h7-8,10,13H,3-4,9,17H2,1-2H3,(H,18,19). The number of nitrogens with one attached hydrogen (secondary N) is 1. The van der Waals surface area contributed by atoms with E-state index < -0.39 is 5.82 Å².